The topological polar surface area (TPSA) is 29.1 Å². The Labute approximate surface area is 104 Å². The van der Waals surface area contributed by atoms with E-state index in [1.165, 1.54) is 12.1 Å². The molecule has 0 radical (unpaired) electrons. The van der Waals surface area contributed by atoms with E-state index in [-0.39, 0.29) is 17.1 Å². The molecule has 2 nitrogen and oxygen atoms in total. The molecule has 1 aromatic carbocycles. The maximum atomic E-state index is 13.3. The highest BCUT2D eigenvalue weighted by molar-refractivity contribution is 7.86. The Hall–Kier alpha value is -0.740. The minimum atomic E-state index is -1.00. The van der Waals surface area contributed by atoms with Crippen LogP contribution in [0.4, 0.5) is 4.39 Å². The Morgan fingerprint density at radius 2 is 2.18 bits per heavy atom. The molecule has 0 saturated carbocycles. The molecule has 1 N–H and O–H groups in total. The fourth-order valence-electron chi connectivity index (χ4n) is 2.45. The van der Waals surface area contributed by atoms with Crippen LogP contribution in [-0.2, 0) is 10.8 Å². The van der Waals surface area contributed by atoms with E-state index in [4.69, 9.17) is 0 Å². The lowest BCUT2D eigenvalue weighted by Crippen LogP contribution is -2.29. The van der Waals surface area contributed by atoms with Crippen LogP contribution in [0.1, 0.15) is 38.3 Å². The molecule has 0 aliphatic carbocycles. The second kappa shape index (κ2) is 5.27. The highest BCUT2D eigenvalue weighted by Crippen LogP contribution is 2.38. The Kier molecular flexibility index (Phi) is 3.94. The molecule has 0 saturated heterocycles. The second-order valence-electron chi connectivity index (χ2n) is 4.34. The lowest BCUT2D eigenvalue weighted by atomic mass is 10.0. The number of hydrogen-bond acceptors (Lipinski definition) is 2. The van der Waals surface area contributed by atoms with Crippen molar-refractivity contribution in [2.75, 3.05) is 6.54 Å². The summed E-state index contributed by atoms with van der Waals surface area (Å²) in [6.07, 6.45) is 1.90. The summed E-state index contributed by atoms with van der Waals surface area (Å²) in [6.45, 7) is 4.91. The fraction of sp³-hybridized carbons (Fsp3) is 0.538. The first-order valence-electron chi connectivity index (χ1n) is 6.12. The summed E-state index contributed by atoms with van der Waals surface area (Å²) in [5.41, 5.74) is 0.878. The maximum Gasteiger partial charge on any atom is 0.123 e. The van der Waals surface area contributed by atoms with E-state index in [0.29, 0.717) is 0 Å². The molecule has 1 aliphatic rings. The minimum absolute atomic E-state index is 0.0338. The Morgan fingerprint density at radius 3 is 2.82 bits per heavy atom. The Bertz CT molecular complexity index is 435. The smallest absolute Gasteiger partial charge is 0.123 e. The van der Waals surface area contributed by atoms with E-state index in [9.17, 15) is 8.60 Å². The average Bonchev–Trinajstić information content (AvgIpc) is 2.55. The molecular weight excluding hydrogens is 237 g/mol. The van der Waals surface area contributed by atoms with Gasteiger partial charge in [0.1, 0.15) is 5.82 Å². The summed E-state index contributed by atoms with van der Waals surface area (Å²) in [7, 11) is -1.00. The van der Waals surface area contributed by atoms with Crippen molar-refractivity contribution >= 4 is 10.8 Å². The lowest BCUT2D eigenvalue weighted by molar-refractivity contribution is 0.503. The van der Waals surface area contributed by atoms with Gasteiger partial charge in [0.05, 0.1) is 16.0 Å². The molecule has 0 aromatic heterocycles. The third kappa shape index (κ3) is 2.29. The van der Waals surface area contributed by atoms with Crippen molar-refractivity contribution in [3.05, 3.63) is 29.6 Å². The highest BCUT2D eigenvalue weighted by atomic mass is 32.2. The predicted molar refractivity (Wildman–Crippen MR) is 67.9 cm³/mol. The SMILES string of the molecule is CCCC1C(NCC)c2cc(F)ccc2S1=O. The van der Waals surface area contributed by atoms with Crippen molar-refractivity contribution in [2.24, 2.45) is 0 Å². The van der Waals surface area contributed by atoms with Crippen LogP contribution < -0.4 is 5.32 Å². The van der Waals surface area contributed by atoms with Gasteiger partial charge in [-0.2, -0.15) is 0 Å². The summed E-state index contributed by atoms with van der Waals surface area (Å²) < 4.78 is 25.6. The number of fused-ring (bicyclic) bond motifs is 1. The normalized spacial score (nSPS) is 27.1. The molecule has 2 rings (SSSR count). The zero-order valence-electron chi connectivity index (χ0n) is 10.2. The standard InChI is InChI=1S/C13H18FNOS/c1-3-5-12-13(15-4-2)10-8-9(14)6-7-11(10)17(12)16/h6-8,12-13,15H,3-5H2,1-2H3. The summed E-state index contributed by atoms with van der Waals surface area (Å²) in [5, 5.41) is 3.41. The zero-order valence-corrected chi connectivity index (χ0v) is 11.0. The van der Waals surface area contributed by atoms with E-state index in [1.54, 1.807) is 6.07 Å². The molecule has 94 valence electrons. The molecule has 0 amide bonds. The first kappa shape index (κ1) is 12.7. The van der Waals surface area contributed by atoms with E-state index in [1.807, 2.05) is 6.92 Å². The van der Waals surface area contributed by atoms with Crippen molar-refractivity contribution in [1.82, 2.24) is 5.32 Å². The third-order valence-corrected chi connectivity index (χ3v) is 5.03. The van der Waals surface area contributed by atoms with E-state index < -0.39 is 10.8 Å². The number of benzene rings is 1. The molecule has 0 bridgehead atoms. The molecule has 0 spiro atoms. The quantitative estimate of drug-likeness (QED) is 0.896. The van der Waals surface area contributed by atoms with Gasteiger partial charge in [-0.15, -0.1) is 0 Å². The van der Waals surface area contributed by atoms with Gasteiger partial charge >= 0.3 is 0 Å². The van der Waals surface area contributed by atoms with Crippen molar-refractivity contribution in [1.29, 1.82) is 0 Å². The van der Waals surface area contributed by atoms with Crippen LogP contribution >= 0.6 is 0 Å². The molecule has 4 heteroatoms. The van der Waals surface area contributed by atoms with E-state index in [2.05, 4.69) is 12.2 Å². The molecule has 17 heavy (non-hydrogen) atoms. The summed E-state index contributed by atoms with van der Waals surface area (Å²) in [5.74, 6) is -0.249. The summed E-state index contributed by atoms with van der Waals surface area (Å²) >= 11 is 0. The molecular formula is C13H18FNOS. The first-order valence-corrected chi connectivity index (χ1v) is 7.33. The van der Waals surface area contributed by atoms with Gasteiger partial charge in [-0.25, -0.2) is 4.39 Å². The van der Waals surface area contributed by atoms with Crippen LogP contribution in [-0.4, -0.2) is 16.0 Å². The van der Waals surface area contributed by atoms with Gasteiger partial charge in [0.25, 0.3) is 0 Å². The zero-order chi connectivity index (χ0) is 12.4. The van der Waals surface area contributed by atoms with Gasteiger partial charge in [0.15, 0.2) is 0 Å². The monoisotopic (exact) mass is 255 g/mol. The minimum Gasteiger partial charge on any atom is -0.309 e. The van der Waals surface area contributed by atoms with Gasteiger partial charge in [0, 0.05) is 10.9 Å². The van der Waals surface area contributed by atoms with Crippen LogP contribution in [0, 0.1) is 5.82 Å². The number of nitrogens with one attached hydrogen (secondary N) is 1. The van der Waals surface area contributed by atoms with Crippen molar-refractivity contribution in [3.8, 4) is 0 Å². The fourth-order valence-corrected chi connectivity index (χ4v) is 4.34. The van der Waals surface area contributed by atoms with Gasteiger partial charge < -0.3 is 5.32 Å². The molecule has 1 aliphatic heterocycles. The van der Waals surface area contributed by atoms with Crippen LogP contribution in [0.15, 0.2) is 23.1 Å². The lowest BCUT2D eigenvalue weighted by Gasteiger charge is -2.19. The summed E-state index contributed by atoms with van der Waals surface area (Å²) in [6, 6.07) is 4.62. The van der Waals surface area contributed by atoms with Gasteiger partial charge in [-0.3, -0.25) is 4.21 Å². The van der Waals surface area contributed by atoms with Crippen LogP contribution in [0.5, 0.6) is 0 Å². The van der Waals surface area contributed by atoms with Gasteiger partial charge in [-0.05, 0) is 36.7 Å². The highest BCUT2D eigenvalue weighted by Gasteiger charge is 2.37. The van der Waals surface area contributed by atoms with Crippen molar-refractivity contribution < 1.29 is 8.60 Å². The number of rotatable bonds is 4. The van der Waals surface area contributed by atoms with E-state index in [0.717, 1.165) is 29.8 Å². The predicted octanol–water partition coefficient (Wildman–Crippen LogP) is 2.77. The maximum absolute atomic E-state index is 13.3. The molecule has 1 heterocycles. The van der Waals surface area contributed by atoms with Crippen LogP contribution in [0.2, 0.25) is 0 Å². The molecule has 0 fully saturated rings. The van der Waals surface area contributed by atoms with Gasteiger partial charge in [-0.1, -0.05) is 20.3 Å². The van der Waals surface area contributed by atoms with Crippen LogP contribution in [0.25, 0.3) is 0 Å². The largest absolute Gasteiger partial charge is 0.309 e. The summed E-state index contributed by atoms with van der Waals surface area (Å²) in [4.78, 5) is 0.802. The van der Waals surface area contributed by atoms with Crippen LogP contribution in [0.3, 0.4) is 0 Å². The average molecular weight is 255 g/mol. The number of hydrogen-bond donors (Lipinski definition) is 1. The molecule has 1 aromatic rings. The third-order valence-electron chi connectivity index (χ3n) is 3.17. The van der Waals surface area contributed by atoms with Crippen molar-refractivity contribution in [2.45, 2.75) is 42.9 Å². The second-order valence-corrected chi connectivity index (χ2v) is 5.98. The van der Waals surface area contributed by atoms with Gasteiger partial charge in [0.2, 0.25) is 0 Å². The Balaban J connectivity index is 2.40. The van der Waals surface area contributed by atoms with E-state index >= 15 is 0 Å². The Morgan fingerprint density at radius 1 is 1.41 bits per heavy atom. The first-order chi connectivity index (χ1) is 8.19. The number of halogens is 1. The molecule has 3 atom stereocenters. The molecule has 3 unspecified atom stereocenters. The van der Waals surface area contributed by atoms with Crippen molar-refractivity contribution in [3.63, 3.8) is 0 Å².